The SMILES string of the molecule is Clc1ccc(CN2CCC(Br)CC2)cc1. The third-order valence-corrected chi connectivity index (χ3v) is 4.00. The van der Waals surface area contributed by atoms with Gasteiger partial charge in [-0.15, -0.1) is 0 Å². The smallest absolute Gasteiger partial charge is 0.0406 e. The van der Waals surface area contributed by atoms with Gasteiger partial charge in [0.1, 0.15) is 0 Å². The predicted octanol–water partition coefficient (Wildman–Crippen LogP) is 3.70. The average Bonchev–Trinajstić information content (AvgIpc) is 2.25. The average molecular weight is 289 g/mol. The summed E-state index contributed by atoms with van der Waals surface area (Å²) in [6.45, 7) is 3.44. The molecule has 0 unspecified atom stereocenters. The summed E-state index contributed by atoms with van der Waals surface area (Å²) in [5, 5.41) is 0.818. The number of halogens is 2. The molecule has 0 aliphatic carbocycles. The molecule has 1 aliphatic heterocycles. The van der Waals surface area contributed by atoms with E-state index in [9.17, 15) is 0 Å². The maximum atomic E-state index is 5.85. The maximum absolute atomic E-state index is 5.85. The van der Waals surface area contributed by atoms with Crippen molar-refractivity contribution in [1.82, 2.24) is 4.90 Å². The fourth-order valence-electron chi connectivity index (χ4n) is 1.91. The zero-order chi connectivity index (χ0) is 10.7. The lowest BCUT2D eigenvalue weighted by atomic mass is 10.1. The van der Waals surface area contributed by atoms with Gasteiger partial charge in [-0.3, -0.25) is 4.90 Å². The molecule has 0 saturated carbocycles. The van der Waals surface area contributed by atoms with Crippen molar-refractivity contribution >= 4 is 27.5 Å². The lowest BCUT2D eigenvalue weighted by Crippen LogP contribution is -2.33. The first-order valence-corrected chi connectivity index (χ1v) is 6.64. The van der Waals surface area contributed by atoms with Gasteiger partial charge < -0.3 is 0 Å². The van der Waals surface area contributed by atoms with Gasteiger partial charge in [0.15, 0.2) is 0 Å². The summed E-state index contributed by atoms with van der Waals surface area (Å²) in [4.78, 5) is 3.22. The molecule has 15 heavy (non-hydrogen) atoms. The molecule has 1 aromatic rings. The van der Waals surface area contributed by atoms with Crippen molar-refractivity contribution in [3.05, 3.63) is 34.9 Å². The molecule has 1 saturated heterocycles. The molecular weight excluding hydrogens is 273 g/mol. The van der Waals surface area contributed by atoms with Gasteiger partial charge in [-0.05, 0) is 43.6 Å². The predicted molar refractivity (Wildman–Crippen MR) is 68.7 cm³/mol. The van der Waals surface area contributed by atoms with Crippen LogP contribution in [0.3, 0.4) is 0 Å². The van der Waals surface area contributed by atoms with E-state index >= 15 is 0 Å². The highest BCUT2D eigenvalue weighted by Crippen LogP contribution is 2.19. The van der Waals surface area contributed by atoms with Crippen molar-refractivity contribution < 1.29 is 0 Å². The lowest BCUT2D eigenvalue weighted by Gasteiger charge is -2.29. The fourth-order valence-corrected chi connectivity index (χ4v) is 2.44. The van der Waals surface area contributed by atoms with Gasteiger partial charge in [-0.2, -0.15) is 0 Å². The normalized spacial score (nSPS) is 19.3. The zero-order valence-corrected chi connectivity index (χ0v) is 11.0. The van der Waals surface area contributed by atoms with E-state index in [1.165, 1.54) is 31.5 Å². The number of likely N-dealkylation sites (tertiary alicyclic amines) is 1. The Balaban J connectivity index is 1.89. The van der Waals surface area contributed by atoms with Crippen LogP contribution in [0.5, 0.6) is 0 Å². The van der Waals surface area contributed by atoms with E-state index in [0.717, 1.165) is 16.4 Å². The van der Waals surface area contributed by atoms with E-state index in [2.05, 4.69) is 33.0 Å². The molecule has 1 fully saturated rings. The highest BCUT2D eigenvalue weighted by Gasteiger charge is 2.16. The van der Waals surface area contributed by atoms with Crippen LogP contribution < -0.4 is 0 Å². The van der Waals surface area contributed by atoms with E-state index in [0.29, 0.717) is 0 Å². The number of benzene rings is 1. The summed E-state index contributed by atoms with van der Waals surface area (Å²) in [6.07, 6.45) is 2.52. The molecule has 3 heteroatoms. The molecule has 1 aromatic carbocycles. The second kappa shape index (κ2) is 5.33. The largest absolute Gasteiger partial charge is 0.299 e. The molecular formula is C12H15BrClN. The molecule has 1 aliphatic rings. The Morgan fingerprint density at radius 2 is 1.80 bits per heavy atom. The van der Waals surface area contributed by atoms with Crippen LogP contribution >= 0.6 is 27.5 Å². The first-order chi connectivity index (χ1) is 7.24. The monoisotopic (exact) mass is 287 g/mol. The van der Waals surface area contributed by atoms with E-state index in [1.54, 1.807) is 0 Å². The molecule has 0 N–H and O–H groups in total. The summed E-state index contributed by atoms with van der Waals surface area (Å²) in [6, 6.07) is 8.16. The van der Waals surface area contributed by atoms with Gasteiger partial charge in [0.2, 0.25) is 0 Å². The van der Waals surface area contributed by atoms with E-state index in [4.69, 9.17) is 11.6 Å². The molecule has 0 aromatic heterocycles. The Labute approximate surface area is 105 Å². The van der Waals surface area contributed by atoms with E-state index < -0.39 is 0 Å². The zero-order valence-electron chi connectivity index (χ0n) is 8.63. The van der Waals surface area contributed by atoms with Crippen molar-refractivity contribution in [2.24, 2.45) is 0 Å². The van der Waals surface area contributed by atoms with Gasteiger partial charge in [0.05, 0.1) is 0 Å². The topological polar surface area (TPSA) is 3.24 Å². The van der Waals surface area contributed by atoms with Crippen LogP contribution in [-0.2, 0) is 6.54 Å². The summed E-state index contributed by atoms with van der Waals surface area (Å²) < 4.78 is 0. The second-order valence-electron chi connectivity index (χ2n) is 4.08. The minimum absolute atomic E-state index is 0.721. The highest BCUT2D eigenvalue weighted by atomic mass is 79.9. The molecule has 1 nitrogen and oxygen atoms in total. The Morgan fingerprint density at radius 3 is 2.40 bits per heavy atom. The molecule has 0 amide bonds. The first-order valence-electron chi connectivity index (χ1n) is 5.35. The number of hydrogen-bond acceptors (Lipinski definition) is 1. The molecule has 82 valence electrons. The molecule has 1 heterocycles. The van der Waals surface area contributed by atoms with Gasteiger partial charge in [0.25, 0.3) is 0 Å². The van der Waals surface area contributed by atoms with Crippen LogP contribution in [0.4, 0.5) is 0 Å². The lowest BCUT2D eigenvalue weighted by molar-refractivity contribution is 0.226. The van der Waals surface area contributed by atoms with Crippen molar-refractivity contribution in [3.8, 4) is 0 Å². The molecule has 0 atom stereocenters. The number of rotatable bonds is 2. The summed E-state index contributed by atoms with van der Waals surface area (Å²) in [5.74, 6) is 0. The van der Waals surface area contributed by atoms with Gasteiger partial charge in [-0.25, -0.2) is 0 Å². The first kappa shape index (κ1) is 11.4. The highest BCUT2D eigenvalue weighted by molar-refractivity contribution is 9.09. The van der Waals surface area contributed by atoms with Gasteiger partial charge in [-0.1, -0.05) is 39.7 Å². The summed E-state index contributed by atoms with van der Waals surface area (Å²) in [7, 11) is 0. The van der Waals surface area contributed by atoms with E-state index in [-0.39, 0.29) is 0 Å². The standard InChI is InChI=1S/C12H15BrClN/c13-11-5-7-15(8-6-11)9-10-1-3-12(14)4-2-10/h1-4,11H,5-9H2. The third kappa shape index (κ3) is 3.47. The van der Waals surface area contributed by atoms with Crippen LogP contribution in [-0.4, -0.2) is 22.8 Å². The quantitative estimate of drug-likeness (QED) is 0.750. The van der Waals surface area contributed by atoms with E-state index in [1.807, 2.05) is 12.1 Å². The number of alkyl halides is 1. The number of hydrogen-bond donors (Lipinski definition) is 0. The van der Waals surface area contributed by atoms with Crippen LogP contribution in [0.25, 0.3) is 0 Å². The second-order valence-corrected chi connectivity index (χ2v) is 5.81. The minimum atomic E-state index is 0.721. The molecule has 0 spiro atoms. The molecule has 0 radical (unpaired) electrons. The van der Waals surface area contributed by atoms with Crippen molar-refractivity contribution in [1.29, 1.82) is 0 Å². The summed E-state index contributed by atoms with van der Waals surface area (Å²) >= 11 is 9.52. The van der Waals surface area contributed by atoms with Crippen molar-refractivity contribution in [2.75, 3.05) is 13.1 Å². The van der Waals surface area contributed by atoms with Crippen LogP contribution in [0.15, 0.2) is 24.3 Å². The number of nitrogens with zero attached hydrogens (tertiary/aromatic N) is 1. The third-order valence-electron chi connectivity index (χ3n) is 2.84. The number of piperidine rings is 1. The van der Waals surface area contributed by atoms with Gasteiger partial charge in [0, 0.05) is 16.4 Å². The Morgan fingerprint density at radius 1 is 1.20 bits per heavy atom. The Hall–Kier alpha value is -0.0500. The van der Waals surface area contributed by atoms with Crippen molar-refractivity contribution in [3.63, 3.8) is 0 Å². The fraction of sp³-hybridized carbons (Fsp3) is 0.500. The van der Waals surface area contributed by atoms with Crippen LogP contribution in [0.1, 0.15) is 18.4 Å². The van der Waals surface area contributed by atoms with Crippen LogP contribution in [0, 0.1) is 0 Å². The minimum Gasteiger partial charge on any atom is -0.299 e. The molecule has 2 rings (SSSR count). The van der Waals surface area contributed by atoms with Crippen molar-refractivity contribution in [2.45, 2.75) is 24.2 Å². The Kier molecular flexibility index (Phi) is 4.06. The Bertz CT molecular complexity index is 304. The van der Waals surface area contributed by atoms with Crippen LogP contribution in [0.2, 0.25) is 5.02 Å². The summed E-state index contributed by atoms with van der Waals surface area (Å²) in [5.41, 5.74) is 1.35. The molecule has 0 bridgehead atoms. The van der Waals surface area contributed by atoms with Gasteiger partial charge >= 0.3 is 0 Å². The maximum Gasteiger partial charge on any atom is 0.0406 e.